The standard InChI is InChI=1S/C44H49N5O11S/c1-44(2,3)29-22-38(42(55-5)39(23-29)49-61(6,52)53)47-43(51)46-37-11-12-40(36-10-8-7-9-35(36)37)59-32-13-14-45-30(24-32)19-28-20-33(54-4)26-34(21-28)58-18-17-56-15-16-57-27-31-25-41(50)60-48-31/h7-14,20-26,48-49H,15-19,27H2,1-6H3,(H2,46,47,51). The van der Waals surface area contributed by atoms with Crippen LogP contribution in [-0.4, -0.2) is 71.5 Å². The van der Waals surface area contributed by atoms with Crippen LogP contribution in [0.15, 0.2) is 100 Å². The van der Waals surface area contributed by atoms with Crippen molar-refractivity contribution in [3.05, 3.63) is 124 Å². The van der Waals surface area contributed by atoms with Crippen LogP contribution in [0.2, 0.25) is 0 Å². The minimum Gasteiger partial charge on any atom is -0.497 e. The van der Waals surface area contributed by atoms with Crippen molar-refractivity contribution in [2.45, 2.75) is 39.2 Å². The third-order valence-electron chi connectivity index (χ3n) is 9.11. The molecular formula is C44H49N5O11S. The van der Waals surface area contributed by atoms with E-state index in [0.717, 1.165) is 33.8 Å². The number of aromatic nitrogens is 2. The molecule has 0 unspecified atom stereocenters. The highest BCUT2D eigenvalue weighted by Crippen LogP contribution is 2.40. The second-order valence-electron chi connectivity index (χ2n) is 14.9. The largest absolute Gasteiger partial charge is 0.497 e. The summed E-state index contributed by atoms with van der Waals surface area (Å²) in [5.41, 5.74) is 3.20. The van der Waals surface area contributed by atoms with E-state index in [0.29, 0.717) is 72.9 Å². The van der Waals surface area contributed by atoms with Crippen LogP contribution in [-0.2, 0) is 37.9 Å². The number of fused-ring (bicyclic) bond motifs is 1. The molecule has 322 valence electrons. The smallest absolute Gasteiger partial charge is 0.357 e. The van der Waals surface area contributed by atoms with Crippen molar-refractivity contribution in [2.75, 3.05) is 62.3 Å². The Bertz CT molecular complexity index is 2640. The molecule has 2 aromatic heterocycles. The second-order valence-corrected chi connectivity index (χ2v) is 16.7. The number of aromatic amines is 1. The van der Waals surface area contributed by atoms with E-state index in [1.54, 1.807) is 49.7 Å². The Morgan fingerprint density at radius 2 is 1.51 bits per heavy atom. The number of rotatable bonds is 19. The normalized spacial score (nSPS) is 11.6. The van der Waals surface area contributed by atoms with Gasteiger partial charge in [-0.2, -0.15) is 0 Å². The predicted molar refractivity (Wildman–Crippen MR) is 232 cm³/mol. The summed E-state index contributed by atoms with van der Waals surface area (Å²) in [7, 11) is -0.647. The van der Waals surface area contributed by atoms with E-state index in [-0.39, 0.29) is 23.5 Å². The number of anilines is 3. The number of urea groups is 1. The van der Waals surface area contributed by atoms with Gasteiger partial charge in [0, 0.05) is 41.2 Å². The molecule has 0 aliphatic heterocycles. The maximum Gasteiger partial charge on any atom is 0.357 e. The van der Waals surface area contributed by atoms with Gasteiger partial charge in [0.25, 0.3) is 0 Å². The fraction of sp³-hybridized carbons (Fsp3) is 0.295. The van der Waals surface area contributed by atoms with E-state index in [1.807, 2.05) is 63.2 Å². The van der Waals surface area contributed by atoms with E-state index < -0.39 is 21.7 Å². The number of benzene rings is 4. The molecule has 4 aromatic carbocycles. The van der Waals surface area contributed by atoms with Crippen molar-refractivity contribution in [3.63, 3.8) is 0 Å². The molecular weight excluding hydrogens is 807 g/mol. The number of nitrogens with zero attached hydrogens (tertiary/aromatic N) is 1. The summed E-state index contributed by atoms with van der Waals surface area (Å²) < 4.78 is 66.0. The lowest BCUT2D eigenvalue weighted by atomic mass is 9.86. The lowest BCUT2D eigenvalue weighted by Gasteiger charge is -2.24. The fourth-order valence-corrected chi connectivity index (χ4v) is 6.84. The Hall–Kier alpha value is -6.56. The summed E-state index contributed by atoms with van der Waals surface area (Å²) in [6.45, 7) is 7.51. The molecule has 16 nitrogen and oxygen atoms in total. The SMILES string of the molecule is COc1cc(Cc2cc(Oc3ccc(NC(=O)Nc4cc(C(C)(C)C)cc(NS(C)(=O)=O)c4OC)c4ccccc34)ccn2)cc(OCCOCCOCc2cc(=O)o[nH]2)c1. The number of H-pyrrole nitrogens is 1. The van der Waals surface area contributed by atoms with Crippen LogP contribution >= 0.6 is 0 Å². The molecule has 0 bridgehead atoms. The summed E-state index contributed by atoms with van der Waals surface area (Å²) in [5.74, 6) is 2.55. The summed E-state index contributed by atoms with van der Waals surface area (Å²) in [6, 6.07) is 24.6. The Labute approximate surface area is 353 Å². The first kappa shape index (κ1) is 44.0. The lowest BCUT2D eigenvalue weighted by Crippen LogP contribution is -2.22. The van der Waals surface area contributed by atoms with Gasteiger partial charge in [0.15, 0.2) is 5.75 Å². The van der Waals surface area contributed by atoms with Crippen LogP contribution in [0, 0.1) is 0 Å². The number of amides is 2. The summed E-state index contributed by atoms with van der Waals surface area (Å²) in [6.07, 6.45) is 3.20. The van der Waals surface area contributed by atoms with Crippen LogP contribution in [0.5, 0.6) is 28.7 Å². The third-order valence-corrected chi connectivity index (χ3v) is 9.70. The molecule has 6 aromatic rings. The molecule has 2 heterocycles. The van der Waals surface area contributed by atoms with Gasteiger partial charge in [0.1, 0.15) is 29.6 Å². The number of carbonyl (C=O) groups is 1. The Morgan fingerprint density at radius 1 is 0.787 bits per heavy atom. The zero-order valence-electron chi connectivity index (χ0n) is 34.7. The molecule has 0 radical (unpaired) electrons. The second kappa shape index (κ2) is 19.7. The predicted octanol–water partition coefficient (Wildman–Crippen LogP) is 7.84. The number of methoxy groups -OCH3 is 2. The van der Waals surface area contributed by atoms with Crippen LogP contribution in [0.4, 0.5) is 21.9 Å². The van der Waals surface area contributed by atoms with Gasteiger partial charge in [-0.25, -0.2) is 23.2 Å². The van der Waals surface area contributed by atoms with Gasteiger partial charge in [-0.1, -0.05) is 45.0 Å². The minimum absolute atomic E-state index is 0.170. The Kier molecular flexibility index (Phi) is 14.2. The van der Waals surface area contributed by atoms with E-state index in [4.69, 9.17) is 28.4 Å². The molecule has 17 heteroatoms. The molecule has 2 amide bonds. The molecule has 61 heavy (non-hydrogen) atoms. The first-order valence-corrected chi connectivity index (χ1v) is 21.1. The molecule has 0 aliphatic rings. The van der Waals surface area contributed by atoms with Crippen LogP contribution in [0.3, 0.4) is 0 Å². The van der Waals surface area contributed by atoms with Crippen molar-refractivity contribution in [2.24, 2.45) is 0 Å². The van der Waals surface area contributed by atoms with E-state index in [2.05, 4.69) is 30.0 Å². The molecule has 0 saturated carbocycles. The number of carbonyl (C=O) groups excluding carboxylic acids is 1. The number of ether oxygens (including phenoxy) is 6. The Morgan fingerprint density at radius 3 is 2.23 bits per heavy atom. The summed E-state index contributed by atoms with van der Waals surface area (Å²) in [4.78, 5) is 29.2. The highest BCUT2D eigenvalue weighted by molar-refractivity contribution is 7.92. The Balaban J connectivity index is 1.10. The average Bonchev–Trinajstić information content (AvgIpc) is 3.63. The number of sulfonamides is 1. The van der Waals surface area contributed by atoms with E-state index >= 15 is 0 Å². The van der Waals surface area contributed by atoms with Crippen molar-refractivity contribution < 1.29 is 46.2 Å². The summed E-state index contributed by atoms with van der Waals surface area (Å²) in [5, 5.41) is 9.74. The lowest BCUT2D eigenvalue weighted by molar-refractivity contribution is 0.0288. The monoisotopic (exact) mass is 855 g/mol. The first-order valence-electron chi connectivity index (χ1n) is 19.2. The van der Waals surface area contributed by atoms with Crippen LogP contribution in [0.25, 0.3) is 10.8 Å². The number of hydrogen-bond donors (Lipinski definition) is 4. The van der Waals surface area contributed by atoms with Gasteiger partial charge >= 0.3 is 11.7 Å². The average molecular weight is 856 g/mol. The molecule has 0 aliphatic carbocycles. The molecule has 0 spiro atoms. The van der Waals surface area contributed by atoms with Gasteiger partial charge in [-0.15, -0.1) is 0 Å². The number of pyridine rings is 1. The fourth-order valence-electron chi connectivity index (χ4n) is 6.29. The molecule has 4 N–H and O–H groups in total. The van der Waals surface area contributed by atoms with Crippen LogP contribution < -0.4 is 39.9 Å². The number of nitrogens with one attached hydrogen (secondary N) is 4. The quantitative estimate of drug-likeness (QED) is 0.0576. The summed E-state index contributed by atoms with van der Waals surface area (Å²) >= 11 is 0. The number of hydrogen-bond acceptors (Lipinski definition) is 12. The van der Waals surface area contributed by atoms with Crippen molar-refractivity contribution in [1.82, 2.24) is 10.1 Å². The van der Waals surface area contributed by atoms with Gasteiger partial charge in [-0.3, -0.25) is 9.71 Å². The van der Waals surface area contributed by atoms with E-state index in [1.165, 1.54) is 13.2 Å². The highest BCUT2D eigenvalue weighted by atomic mass is 32.2. The van der Waals surface area contributed by atoms with Crippen LogP contribution in [0.1, 0.15) is 43.3 Å². The first-order chi connectivity index (χ1) is 29.2. The zero-order valence-corrected chi connectivity index (χ0v) is 35.6. The van der Waals surface area contributed by atoms with Gasteiger partial charge in [-0.05, 0) is 59.0 Å². The van der Waals surface area contributed by atoms with Gasteiger partial charge in [0.2, 0.25) is 10.0 Å². The zero-order chi connectivity index (χ0) is 43.6. The maximum absolute atomic E-state index is 13.5. The molecule has 0 atom stereocenters. The highest BCUT2D eigenvalue weighted by Gasteiger charge is 2.23. The van der Waals surface area contributed by atoms with Crippen molar-refractivity contribution >= 4 is 43.9 Å². The molecule has 6 rings (SSSR count). The molecule has 0 fully saturated rings. The third kappa shape index (κ3) is 12.5. The van der Waals surface area contributed by atoms with E-state index in [9.17, 15) is 18.0 Å². The van der Waals surface area contributed by atoms with Gasteiger partial charge < -0.3 is 43.6 Å². The van der Waals surface area contributed by atoms with Crippen molar-refractivity contribution in [1.29, 1.82) is 0 Å². The van der Waals surface area contributed by atoms with Crippen molar-refractivity contribution in [3.8, 4) is 28.7 Å². The topological polar surface area (TPSA) is 202 Å². The molecule has 0 saturated heterocycles. The minimum atomic E-state index is -3.65. The maximum atomic E-state index is 13.5. The van der Waals surface area contributed by atoms with Gasteiger partial charge in [0.05, 0.1) is 75.7 Å².